The van der Waals surface area contributed by atoms with Gasteiger partial charge in [0.05, 0.1) is 0 Å². The van der Waals surface area contributed by atoms with Crippen molar-refractivity contribution < 1.29 is 4.79 Å². The number of aromatic nitrogens is 2. The summed E-state index contributed by atoms with van der Waals surface area (Å²) in [6.45, 7) is 6.66. The standard InChI is InChI=1S/C13H22N4O/c1-9(2)13-15-10(3)8-11(16-13)14-7-6-12(18)17(4)5/h8-9H,6-7H2,1-5H3,(H,14,15,16). The molecule has 0 aliphatic carbocycles. The van der Waals surface area contributed by atoms with Crippen molar-refractivity contribution in [3.63, 3.8) is 0 Å². The first-order valence-electron chi connectivity index (χ1n) is 6.19. The smallest absolute Gasteiger partial charge is 0.223 e. The molecule has 1 N–H and O–H groups in total. The topological polar surface area (TPSA) is 58.1 Å². The van der Waals surface area contributed by atoms with Crippen molar-refractivity contribution in [2.75, 3.05) is 26.0 Å². The Labute approximate surface area is 109 Å². The van der Waals surface area contributed by atoms with Crippen LogP contribution in [0.15, 0.2) is 6.07 Å². The van der Waals surface area contributed by atoms with Gasteiger partial charge in [-0.05, 0) is 6.92 Å². The summed E-state index contributed by atoms with van der Waals surface area (Å²) in [5.74, 6) is 2.03. The first-order chi connectivity index (χ1) is 8.40. The van der Waals surface area contributed by atoms with Gasteiger partial charge in [0.25, 0.3) is 0 Å². The summed E-state index contributed by atoms with van der Waals surface area (Å²) >= 11 is 0. The summed E-state index contributed by atoms with van der Waals surface area (Å²) in [6, 6.07) is 1.89. The summed E-state index contributed by atoms with van der Waals surface area (Å²) < 4.78 is 0. The lowest BCUT2D eigenvalue weighted by molar-refractivity contribution is -0.128. The van der Waals surface area contributed by atoms with Crippen molar-refractivity contribution in [2.24, 2.45) is 0 Å². The molecule has 100 valence electrons. The van der Waals surface area contributed by atoms with Gasteiger partial charge in [0, 0.05) is 44.7 Å². The van der Waals surface area contributed by atoms with E-state index < -0.39 is 0 Å². The molecule has 1 aromatic heterocycles. The van der Waals surface area contributed by atoms with E-state index in [9.17, 15) is 4.79 Å². The average Bonchev–Trinajstić information content (AvgIpc) is 2.27. The maximum atomic E-state index is 11.4. The molecule has 0 fully saturated rings. The number of carbonyl (C=O) groups is 1. The molecule has 5 nitrogen and oxygen atoms in total. The summed E-state index contributed by atoms with van der Waals surface area (Å²) in [6.07, 6.45) is 0.465. The molecular formula is C13H22N4O. The molecule has 1 aromatic rings. The second-order valence-electron chi connectivity index (χ2n) is 4.87. The van der Waals surface area contributed by atoms with Gasteiger partial charge < -0.3 is 10.2 Å². The fraction of sp³-hybridized carbons (Fsp3) is 0.615. The Morgan fingerprint density at radius 1 is 1.39 bits per heavy atom. The summed E-state index contributed by atoms with van der Waals surface area (Å²) in [7, 11) is 3.52. The Morgan fingerprint density at radius 2 is 2.06 bits per heavy atom. The van der Waals surface area contributed by atoms with E-state index in [1.54, 1.807) is 19.0 Å². The second-order valence-corrected chi connectivity index (χ2v) is 4.87. The zero-order valence-corrected chi connectivity index (χ0v) is 11.8. The summed E-state index contributed by atoms with van der Waals surface area (Å²) in [5, 5.41) is 3.17. The third kappa shape index (κ3) is 4.31. The van der Waals surface area contributed by atoms with Gasteiger partial charge in [0.2, 0.25) is 5.91 Å². The molecule has 1 amide bonds. The second kappa shape index (κ2) is 6.33. The highest BCUT2D eigenvalue weighted by molar-refractivity contribution is 5.76. The van der Waals surface area contributed by atoms with Gasteiger partial charge in [-0.15, -0.1) is 0 Å². The van der Waals surface area contributed by atoms with Gasteiger partial charge in [-0.3, -0.25) is 4.79 Å². The SMILES string of the molecule is Cc1cc(NCCC(=O)N(C)C)nc(C(C)C)n1. The van der Waals surface area contributed by atoms with Crippen LogP contribution >= 0.6 is 0 Å². The minimum Gasteiger partial charge on any atom is -0.369 e. The Balaban J connectivity index is 2.60. The van der Waals surface area contributed by atoms with Crippen LogP contribution in [0.25, 0.3) is 0 Å². The fourth-order valence-electron chi connectivity index (χ4n) is 1.46. The first kappa shape index (κ1) is 14.4. The van der Waals surface area contributed by atoms with Gasteiger partial charge in [-0.2, -0.15) is 0 Å². The molecule has 5 heteroatoms. The lowest BCUT2D eigenvalue weighted by Crippen LogP contribution is -2.24. The highest BCUT2D eigenvalue weighted by atomic mass is 16.2. The zero-order chi connectivity index (χ0) is 13.7. The Morgan fingerprint density at radius 3 is 2.61 bits per heavy atom. The number of rotatable bonds is 5. The number of nitrogens with zero attached hydrogens (tertiary/aromatic N) is 3. The minimum atomic E-state index is 0.109. The normalized spacial score (nSPS) is 10.6. The van der Waals surface area contributed by atoms with E-state index in [-0.39, 0.29) is 5.91 Å². The first-order valence-corrected chi connectivity index (χ1v) is 6.19. The molecule has 0 atom stereocenters. The molecule has 0 radical (unpaired) electrons. The predicted octanol–water partition coefficient (Wildman–Crippen LogP) is 1.80. The Kier molecular flexibility index (Phi) is 5.07. The van der Waals surface area contributed by atoms with Crippen LogP contribution in [-0.2, 0) is 4.79 Å². The fourth-order valence-corrected chi connectivity index (χ4v) is 1.46. The molecule has 0 saturated carbocycles. The third-order valence-electron chi connectivity index (χ3n) is 2.53. The lowest BCUT2D eigenvalue weighted by atomic mass is 10.2. The molecule has 18 heavy (non-hydrogen) atoms. The minimum absolute atomic E-state index is 0.109. The van der Waals surface area contributed by atoms with Crippen molar-refractivity contribution >= 4 is 11.7 Å². The van der Waals surface area contributed by atoms with Crippen molar-refractivity contribution in [3.05, 3.63) is 17.6 Å². The van der Waals surface area contributed by atoms with Gasteiger partial charge in [0.15, 0.2) is 0 Å². The van der Waals surface area contributed by atoms with Crippen molar-refractivity contribution in [2.45, 2.75) is 33.1 Å². The highest BCUT2D eigenvalue weighted by Gasteiger charge is 2.07. The number of carbonyl (C=O) groups excluding carboxylic acids is 1. The molecule has 1 heterocycles. The van der Waals surface area contributed by atoms with Gasteiger partial charge in [-0.25, -0.2) is 9.97 Å². The van der Waals surface area contributed by atoms with E-state index in [1.165, 1.54) is 0 Å². The molecule has 1 rings (SSSR count). The number of nitrogens with one attached hydrogen (secondary N) is 1. The summed E-state index contributed by atoms with van der Waals surface area (Å²) in [5.41, 5.74) is 0.940. The molecule has 0 aliphatic rings. The van der Waals surface area contributed by atoms with E-state index in [0.29, 0.717) is 18.9 Å². The number of anilines is 1. The van der Waals surface area contributed by atoms with E-state index >= 15 is 0 Å². The molecule has 0 aliphatic heterocycles. The monoisotopic (exact) mass is 250 g/mol. The molecule has 0 aromatic carbocycles. The Bertz CT molecular complexity index is 415. The average molecular weight is 250 g/mol. The van der Waals surface area contributed by atoms with Crippen LogP contribution < -0.4 is 5.32 Å². The largest absolute Gasteiger partial charge is 0.369 e. The number of hydrogen-bond acceptors (Lipinski definition) is 4. The zero-order valence-electron chi connectivity index (χ0n) is 11.8. The predicted molar refractivity (Wildman–Crippen MR) is 72.7 cm³/mol. The molecule has 0 unspecified atom stereocenters. The van der Waals surface area contributed by atoms with Crippen LogP contribution in [-0.4, -0.2) is 41.4 Å². The third-order valence-corrected chi connectivity index (χ3v) is 2.53. The van der Waals surface area contributed by atoms with Crippen molar-refractivity contribution in [3.8, 4) is 0 Å². The van der Waals surface area contributed by atoms with Crippen molar-refractivity contribution in [1.29, 1.82) is 0 Å². The molecular weight excluding hydrogens is 228 g/mol. The Hall–Kier alpha value is -1.65. The molecule has 0 spiro atoms. The quantitative estimate of drug-likeness (QED) is 0.865. The number of amides is 1. The van der Waals surface area contributed by atoms with E-state index in [2.05, 4.69) is 29.1 Å². The molecule has 0 saturated heterocycles. The van der Waals surface area contributed by atoms with E-state index in [4.69, 9.17) is 0 Å². The van der Waals surface area contributed by atoms with E-state index in [1.807, 2.05) is 13.0 Å². The van der Waals surface area contributed by atoms with Crippen LogP contribution in [0.4, 0.5) is 5.82 Å². The van der Waals surface area contributed by atoms with Crippen LogP contribution in [0.1, 0.15) is 37.7 Å². The van der Waals surface area contributed by atoms with Crippen LogP contribution in [0, 0.1) is 6.92 Å². The van der Waals surface area contributed by atoms with Crippen LogP contribution in [0.2, 0.25) is 0 Å². The molecule has 0 bridgehead atoms. The van der Waals surface area contributed by atoms with Crippen LogP contribution in [0.5, 0.6) is 0 Å². The maximum Gasteiger partial charge on any atom is 0.223 e. The van der Waals surface area contributed by atoms with Crippen molar-refractivity contribution in [1.82, 2.24) is 14.9 Å². The number of aryl methyl sites for hydroxylation is 1. The van der Waals surface area contributed by atoms with Gasteiger partial charge >= 0.3 is 0 Å². The highest BCUT2D eigenvalue weighted by Crippen LogP contribution is 2.13. The van der Waals surface area contributed by atoms with Gasteiger partial charge in [0.1, 0.15) is 11.6 Å². The maximum absolute atomic E-state index is 11.4. The van der Waals surface area contributed by atoms with Gasteiger partial charge in [-0.1, -0.05) is 13.8 Å². The number of hydrogen-bond donors (Lipinski definition) is 1. The summed E-state index contributed by atoms with van der Waals surface area (Å²) in [4.78, 5) is 21.8. The lowest BCUT2D eigenvalue weighted by Gasteiger charge is -2.12. The van der Waals surface area contributed by atoms with Crippen LogP contribution in [0.3, 0.4) is 0 Å². The van der Waals surface area contributed by atoms with E-state index in [0.717, 1.165) is 17.3 Å².